The summed E-state index contributed by atoms with van der Waals surface area (Å²) in [5.41, 5.74) is 2.61. The van der Waals surface area contributed by atoms with E-state index >= 15 is 0 Å². The Bertz CT molecular complexity index is 1000. The topological polar surface area (TPSA) is 65.4 Å². The molecular weight excluding hydrogens is 385 g/mol. The lowest BCUT2D eigenvalue weighted by atomic mass is 10.1. The standard InChI is InChI=1S/C20H17ClFN3O3/c21-16-1-3-18(4-2-16)25-10-15(9-24-25)20(26)23-6-5-13-7-17(22)8-14-11-27-12-28-19(13)14/h1-4,7-10H,5-6,11-12H2,(H,23,26). The van der Waals surface area contributed by atoms with E-state index in [1.54, 1.807) is 23.0 Å². The Kier molecular flexibility index (Phi) is 5.27. The Labute approximate surface area is 165 Å². The first-order valence-corrected chi connectivity index (χ1v) is 9.08. The number of halogens is 2. The third kappa shape index (κ3) is 4.00. The van der Waals surface area contributed by atoms with Crippen molar-refractivity contribution < 1.29 is 18.7 Å². The van der Waals surface area contributed by atoms with Gasteiger partial charge < -0.3 is 14.8 Å². The van der Waals surface area contributed by atoms with E-state index in [9.17, 15) is 9.18 Å². The zero-order chi connectivity index (χ0) is 19.5. The monoisotopic (exact) mass is 401 g/mol. The highest BCUT2D eigenvalue weighted by molar-refractivity contribution is 6.30. The number of amides is 1. The number of hydrogen-bond acceptors (Lipinski definition) is 4. The number of nitrogens with one attached hydrogen (secondary N) is 1. The average Bonchev–Trinajstić information content (AvgIpc) is 3.18. The van der Waals surface area contributed by atoms with Gasteiger partial charge in [-0.1, -0.05) is 11.6 Å². The Morgan fingerprint density at radius 2 is 2.11 bits per heavy atom. The molecule has 0 saturated carbocycles. The molecule has 6 nitrogen and oxygen atoms in total. The fraction of sp³-hybridized carbons (Fsp3) is 0.200. The van der Waals surface area contributed by atoms with E-state index in [0.717, 1.165) is 5.69 Å². The van der Waals surface area contributed by atoms with Crippen molar-refractivity contribution in [2.75, 3.05) is 13.3 Å². The summed E-state index contributed by atoms with van der Waals surface area (Å²) in [4.78, 5) is 12.4. The number of ether oxygens (including phenoxy) is 2. The number of benzene rings is 2. The lowest BCUT2D eigenvalue weighted by Gasteiger charge is -2.20. The molecule has 1 amide bonds. The van der Waals surface area contributed by atoms with Crippen LogP contribution in [-0.4, -0.2) is 29.0 Å². The molecule has 8 heteroatoms. The Hall–Kier alpha value is -2.90. The fourth-order valence-electron chi connectivity index (χ4n) is 3.03. The summed E-state index contributed by atoms with van der Waals surface area (Å²) in [6.07, 6.45) is 3.58. The zero-order valence-electron chi connectivity index (χ0n) is 14.8. The van der Waals surface area contributed by atoms with Crippen molar-refractivity contribution in [2.45, 2.75) is 13.0 Å². The molecule has 0 atom stereocenters. The summed E-state index contributed by atoms with van der Waals surface area (Å²) >= 11 is 5.88. The van der Waals surface area contributed by atoms with E-state index < -0.39 is 0 Å². The molecule has 0 aliphatic carbocycles. The first kappa shape index (κ1) is 18.5. The van der Waals surface area contributed by atoms with Gasteiger partial charge >= 0.3 is 0 Å². The molecule has 1 aliphatic rings. The van der Waals surface area contributed by atoms with Crippen molar-refractivity contribution >= 4 is 17.5 Å². The molecule has 3 aromatic rings. The number of hydrogen-bond donors (Lipinski definition) is 1. The van der Waals surface area contributed by atoms with Crippen LogP contribution in [0.2, 0.25) is 5.02 Å². The quantitative estimate of drug-likeness (QED) is 0.710. The van der Waals surface area contributed by atoms with Crippen LogP contribution in [0.25, 0.3) is 5.69 Å². The van der Waals surface area contributed by atoms with E-state index in [1.165, 1.54) is 18.3 Å². The van der Waals surface area contributed by atoms with Crippen LogP contribution >= 0.6 is 11.6 Å². The van der Waals surface area contributed by atoms with Gasteiger partial charge in [0.1, 0.15) is 11.6 Å². The van der Waals surface area contributed by atoms with Crippen LogP contribution in [-0.2, 0) is 17.8 Å². The molecule has 0 saturated heterocycles. The van der Waals surface area contributed by atoms with E-state index in [1.807, 2.05) is 12.1 Å². The van der Waals surface area contributed by atoms with E-state index in [0.29, 0.717) is 47.0 Å². The molecule has 28 heavy (non-hydrogen) atoms. The molecule has 0 fully saturated rings. The third-order valence-electron chi connectivity index (χ3n) is 4.37. The molecule has 0 bridgehead atoms. The van der Waals surface area contributed by atoms with Gasteiger partial charge in [0.2, 0.25) is 0 Å². The van der Waals surface area contributed by atoms with Gasteiger partial charge in [-0.05, 0) is 48.4 Å². The summed E-state index contributed by atoms with van der Waals surface area (Å²) in [6, 6.07) is 9.97. The highest BCUT2D eigenvalue weighted by Gasteiger charge is 2.17. The second-order valence-electron chi connectivity index (χ2n) is 6.32. The van der Waals surface area contributed by atoms with Crippen molar-refractivity contribution in [1.29, 1.82) is 0 Å². The van der Waals surface area contributed by atoms with Crippen LogP contribution in [0.1, 0.15) is 21.5 Å². The van der Waals surface area contributed by atoms with E-state index in [4.69, 9.17) is 21.1 Å². The normalized spacial score (nSPS) is 12.9. The van der Waals surface area contributed by atoms with Gasteiger partial charge in [-0.15, -0.1) is 0 Å². The largest absolute Gasteiger partial charge is 0.467 e. The number of fused-ring (bicyclic) bond motifs is 1. The van der Waals surface area contributed by atoms with Crippen LogP contribution in [0.3, 0.4) is 0 Å². The summed E-state index contributed by atoms with van der Waals surface area (Å²) in [6.45, 7) is 0.795. The minimum Gasteiger partial charge on any atom is -0.467 e. The lowest BCUT2D eigenvalue weighted by Crippen LogP contribution is -2.26. The maximum absolute atomic E-state index is 13.8. The molecule has 144 valence electrons. The minimum absolute atomic E-state index is 0.141. The molecule has 1 aromatic heterocycles. The summed E-state index contributed by atoms with van der Waals surface area (Å²) in [7, 11) is 0. The zero-order valence-corrected chi connectivity index (χ0v) is 15.6. The average molecular weight is 402 g/mol. The minimum atomic E-state index is -0.349. The summed E-state index contributed by atoms with van der Waals surface area (Å²) in [5.74, 6) is 0.0330. The second-order valence-corrected chi connectivity index (χ2v) is 6.76. The molecular formula is C20H17ClFN3O3. The molecule has 2 heterocycles. The SMILES string of the molecule is O=C(NCCc1cc(F)cc2c1OCOC2)c1cnn(-c2ccc(Cl)cc2)c1. The molecule has 4 rings (SSSR count). The van der Waals surface area contributed by atoms with Crippen LogP contribution in [0.15, 0.2) is 48.8 Å². The van der Waals surface area contributed by atoms with Crippen molar-refractivity contribution in [3.63, 3.8) is 0 Å². The van der Waals surface area contributed by atoms with E-state index in [-0.39, 0.29) is 18.5 Å². The molecule has 0 unspecified atom stereocenters. The molecule has 0 spiro atoms. The van der Waals surface area contributed by atoms with Gasteiger partial charge in [-0.2, -0.15) is 5.10 Å². The van der Waals surface area contributed by atoms with Gasteiger partial charge in [0.25, 0.3) is 5.91 Å². The summed E-state index contributed by atoms with van der Waals surface area (Å²) in [5, 5.41) is 7.66. The number of carbonyl (C=O) groups is 1. The van der Waals surface area contributed by atoms with Crippen LogP contribution in [0.5, 0.6) is 5.75 Å². The highest BCUT2D eigenvalue weighted by Crippen LogP contribution is 2.29. The third-order valence-corrected chi connectivity index (χ3v) is 4.62. The fourth-order valence-corrected chi connectivity index (χ4v) is 3.16. The Balaban J connectivity index is 1.39. The number of rotatable bonds is 5. The highest BCUT2D eigenvalue weighted by atomic mass is 35.5. The van der Waals surface area contributed by atoms with Gasteiger partial charge in [0.15, 0.2) is 6.79 Å². The van der Waals surface area contributed by atoms with Crippen LogP contribution in [0.4, 0.5) is 4.39 Å². The van der Waals surface area contributed by atoms with Gasteiger partial charge in [0, 0.05) is 23.3 Å². The molecule has 0 radical (unpaired) electrons. The first-order chi connectivity index (χ1) is 13.6. The predicted molar refractivity (Wildman–Crippen MR) is 101 cm³/mol. The summed E-state index contributed by atoms with van der Waals surface area (Å²) < 4.78 is 26.0. The van der Waals surface area contributed by atoms with Crippen LogP contribution in [0, 0.1) is 5.82 Å². The molecule has 1 aliphatic heterocycles. The lowest BCUT2D eigenvalue weighted by molar-refractivity contribution is -0.0172. The number of carbonyl (C=O) groups excluding carboxylic acids is 1. The Morgan fingerprint density at radius 1 is 1.29 bits per heavy atom. The maximum atomic E-state index is 13.8. The van der Waals surface area contributed by atoms with Crippen molar-refractivity contribution in [3.05, 3.63) is 76.3 Å². The smallest absolute Gasteiger partial charge is 0.254 e. The number of nitrogens with zero attached hydrogens (tertiary/aromatic N) is 2. The van der Waals surface area contributed by atoms with Crippen molar-refractivity contribution in [3.8, 4) is 11.4 Å². The Morgan fingerprint density at radius 3 is 2.93 bits per heavy atom. The molecule has 2 aromatic carbocycles. The maximum Gasteiger partial charge on any atom is 0.254 e. The van der Waals surface area contributed by atoms with Crippen molar-refractivity contribution in [1.82, 2.24) is 15.1 Å². The number of aromatic nitrogens is 2. The van der Waals surface area contributed by atoms with Crippen LogP contribution < -0.4 is 10.1 Å². The second kappa shape index (κ2) is 8.00. The van der Waals surface area contributed by atoms with E-state index in [2.05, 4.69) is 10.4 Å². The molecule has 1 N–H and O–H groups in total. The van der Waals surface area contributed by atoms with Crippen molar-refractivity contribution in [2.24, 2.45) is 0 Å². The van der Waals surface area contributed by atoms with Gasteiger partial charge in [-0.25, -0.2) is 9.07 Å². The van der Waals surface area contributed by atoms with Gasteiger partial charge in [-0.3, -0.25) is 4.79 Å². The first-order valence-electron chi connectivity index (χ1n) is 8.71. The van der Waals surface area contributed by atoms with Gasteiger partial charge in [0.05, 0.1) is 24.1 Å². The predicted octanol–water partition coefficient (Wildman–Crippen LogP) is 3.50.